The van der Waals surface area contributed by atoms with Gasteiger partial charge in [0, 0.05) is 18.0 Å². The minimum atomic E-state index is 0.212. The fourth-order valence-electron chi connectivity index (χ4n) is 2.32. The van der Waals surface area contributed by atoms with Crippen molar-refractivity contribution in [2.45, 2.75) is 70.9 Å². The molecule has 0 aromatic rings. The molecule has 0 aliphatic heterocycles. The van der Waals surface area contributed by atoms with Gasteiger partial charge < -0.3 is 11.1 Å². The Morgan fingerprint density at radius 1 is 1.38 bits per heavy atom. The summed E-state index contributed by atoms with van der Waals surface area (Å²) in [7, 11) is 0. The van der Waals surface area contributed by atoms with Crippen LogP contribution in [-0.4, -0.2) is 18.0 Å². The second-order valence-electron chi connectivity index (χ2n) is 5.16. The number of carbonyl (C=O) groups excluding carboxylic acids is 1. The van der Waals surface area contributed by atoms with Crippen LogP contribution in [0, 0.1) is 5.92 Å². The second-order valence-corrected chi connectivity index (χ2v) is 5.16. The molecule has 1 aliphatic carbocycles. The molecule has 0 bridgehead atoms. The summed E-state index contributed by atoms with van der Waals surface area (Å²) in [4.78, 5) is 11.9. The Hall–Kier alpha value is -0.570. The maximum atomic E-state index is 11.9. The van der Waals surface area contributed by atoms with E-state index in [1.54, 1.807) is 0 Å². The van der Waals surface area contributed by atoms with Gasteiger partial charge in [-0.1, -0.05) is 19.8 Å². The molecule has 3 nitrogen and oxygen atoms in total. The Bertz CT molecular complexity index is 210. The van der Waals surface area contributed by atoms with Crippen molar-refractivity contribution in [2.24, 2.45) is 11.7 Å². The van der Waals surface area contributed by atoms with Crippen LogP contribution in [0.1, 0.15) is 58.8 Å². The summed E-state index contributed by atoms with van der Waals surface area (Å²) >= 11 is 0. The maximum Gasteiger partial charge on any atom is 0.223 e. The zero-order valence-corrected chi connectivity index (χ0v) is 10.7. The number of hydrogen-bond acceptors (Lipinski definition) is 2. The summed E-state index contributed by atoms with van der Waals surface area (Å²) in [6, 6.07) is 0.643. The van der Waals surface area contributed by atoms with Gasteiger partial charge in [-0.3, -0.25) is 4.79 Å². The predicted octanol–water partition coefficient (Wildman–Crippen LogP) is 2.20. The summed E-state index contributed by atoms with van der Waals surface area (Å²) < 4.78 is 0. The molecule has 0 heterocycles. The van der Waals surface area contributed by atoms with E-state index in [0.717, 1.165) is 32.1 Å². The highest BCUT2D eigenvalue weighted by Gasteiger charge is 2.24. The molecule has 1 fully saturated rings. The van der Waals surface area contributed by atoms with Gasteiger partial charge in [0.05, 0.1) is 0 Å². The van der Waals surface area contributed by atoms with Crippen molar-refractivity contribution < 1.29 is 4.79 Å². The molecule has 94 valence electrons. The van der Waals surface area contributed by atoms with E-state index >= 15 is 0 Å². The molecule has 1 saturated carbocycles. The lowest BCUT2D eigenvalue weighted by Crippen LogP contribution is -2.40. The number of hydrogen-bond donors (Lipinski definition) is 2. The summed E-state index contributed by atoms with van der Waals surface area (Å²) in [5.74, 6) is 0.458. The maximum absolute atomic E-state index is 11.9. The minimum Gasteiger partial charge on any atom is -0.353 e. The minimum absolute atomic E-state index is 0.212. The Morgan fingerprint density at radius 2 is 2.00 bits per heavy atom. The van der Waals surface area contributed by atoms with Gasteiger partial charge in [0.1, 0.15) is 0 Å². The van der Waals surface area contributed by atoms with Crippen molar-refractivity contribution in [3.05, 3.63) is 0 Å². The van der Waals surface area contributed by atoms with Gasteiger partial charge in [0.25, 0.3) is 0 Å². The van der Waals surface area contributed by atoms with Crippen molar-refractivity contribution >= 4 is 5.91 Å². The smallest absolute Gasteiger partial charge is 0.223 e. The highest BCUT2D eigenvalue weighted by Crippen LogP contribution is 2.23. The molecule has 0 spiro atoms. The molecular weight excluding hydrogens is 200 g/mol. The van der Waals surface area contributed by atoms with Gasteiger partial charge in [-0.05, 0) is 39.0 Å². The fourth-order valence-corrected chi connectivity index (χ4v) is 2.32. The van der Waals surface area contributed by atoms with E-state index in [1.807, 2.05) is 0 Å². The highest BCUT2D eigenvalue weighted by molar-refractivity contribution is 5.78. The third-order valence-electron chi connectivity index (χ3n) is 3.52. The number of amides is 1. The molecule has 3 N–H and O–H groups in total. The first-order valence-corrected chi connectivity index (χ1v) is 6.69. The standard InChI is InChI=1S/C13H26N2O/c1-3-4-5-10(2)15-13(16)11-6-8-12(14)9-7-11/h10-12H,3-9,14H2,1-2H3,(H,15,16). The number of unbranched alkanes of at least 4 members (excludes halogenated alkanes) is 1. The Morgan fingerprint density at radius 3 is 2.56 bits per heavy atom. The van der Waals surface area contributed by atoms with E-state index in [1.165, 1.54) is 12.8 Å². The molecule has 1 rings (SSSR count). The molecule has 0 aromatic heterocycles. The van der Waals surface area contributed by atoms with Crippen molar-refractivity contribution in [2.75, 3.05) is 0 Å². The van der Waals surface area contributed by atoms with Crippen molar-refractivity contribution in [3.63, 3.8) is 0 Å². The quantitative estimate of drug-likeness (QED) is 0.755. The molecule has 1 aliphatic rings. The van der Waals surface area contributed by atoms with Crippen LogP contribution in [-0.2, 0) is 4.79 Å². The van der Waals surface area contributed by atoms with Crippen LogP contribution in [0.4, 0.5) is 0 Å². The van der Waals surface area contributed by atoms with Crippen molar-refractivity contribution in [1.82, 2.24) is 5.32 Å². The first-order chi connectivity index (χ1) is 7.63. The van der Waals surface area contributed by atoms with Crippen molar-refractivity contribution in [3.8, 4) is 0 Å². The Labute approximate surface area is 99.2 Å². The van der Waals surface area contributed by atoms with Gasteiger partial charge in [-0.25, -0.2) is 0 Å². The van der Waals surface area contributed by atoms with E-state index in [9.17, 15) is 4.79 Å². The van der Waals surface area contributed by atoms with E-state index in [-0.39, 0.29) is 11.8 Å². The molecule has 0 aromatic carbocycles. The van der Waals surface area contributed by atoms with Crippen LogP contribution < -0.4 is 11.1 Å². The molecule has 1 atom stereocenters. The molecule has 1 unspecified atom stereocenters. The van der Waals surface area contributed by atoms with Gasteiger partial charge in [0.15, 0.2) is 0 Å². The number of carbonyl (C=O) groups is 1. The molecule has 0 saturated heterocycles. The average Bonchev–Trinajstić information content (AvgIpc) is 2.27. The molecule has 16 heavy (non-hydrogen) atoms. The summed E-state index contributed by atoms with van der Waals surface area (Å²) in [5, 5.41) is 3.12. The average molecular weight is 226 g/mol. The van der Waals surface area contributed by atoms with Crippen LogP contribution in [0.2, 0.25) is 0 Å². The second kappa shape index (κ2) is 6.89. The summed E-state index contributed by atoms with van der Waals surface area (Å²) in [6.45, 7) is 4.28. The summed E-state index contributed by atoms with van der Waals surface area (Å²) in [5.41, 5.74) is 5.83. The number of nitrogens with two attached hydrogens (primary N) is 1. The highest BCUT2D eigenvalue weighted by atomic mass is 16.1. The summed E-state index contributed by atoms with van der Waals surface area (Å²) in [6.07, 6.45) is 7.41. The van der Waals surface area contributed by atoms with Crippen molar-refractivity contribution in [1.29, 1.82) is 0 Å². The SMILES string of the molecule is CCCCC(C)NC(=O)C1CCC(N)CC1. The number of rotatable bonds is 5. The lowest BCUT2D eigenvalue weighted by atomic mass is 9.86. The van der Waals surface area contributed by atoms with Crippen LogP contribution in [0.15, 0.2) is 0 Å². The van der Waals surface area contributed by atoms with Gasteiger partial charge >= 0.3 is 0 Å². The van der Waals surface area contributed by atoms with Crippen LogP contribution in [0.25, 0.3) is 0 Å². The molecule has 0 radical (unpaired) electrons. The first kappa shape index (κ1) is 13.5. The van der Waals surface area contributed by atoms with E-state index in [4.69, 9.17) is 5.73 Å². The zero-order chi connectivity index (χ0) is 12.0. The van der Waals surface area contributed by atoms with Crippen LogP contribution in [0.3, 0.4) is 0 Å². The Kier molecular flexibility index (Phi) is 5.81. The molecule has 3 heteroatoms. The van der Waals surface area contributed by atoms with Gasteiger partial charge in [-0.2, -0.15) is 0 Å². The topological polar surface area (TPSA) is 55.1 Å². The predicted molar refractivity (Wildman–Crippen MR) is 67.1 cm³/mol. The first-order valence-electron chi connectivity index (χ1n) is 6.69. The zero-order valence-electron chi connectivity index (χ0n) is 10.7. The largest absolute Gasteiger partial charge is 0.353 e. The lowest BCUT2D eigenvalue weighted by Gasteiger charge is -2.26. The molecule has 1 amide bonds. The van der Waals surface area contributed by atoms with Gasteiger partial charge in [0.2, 0.25) is 5.91 Å². The normalized spacial score (nSPS) is 27.4. The van der Waals surface area contributed by atoms with E-state index < -0.39 is 0 Å². The monoisotopic (exact) mass is 226 g/mol. The number of nitrogens with one attached hydrogen (secondary N) is 1. The van der Waals surface area contributed by atoms with Crippen LogP contribution >= 0.6 is 0 Å². The fraction of sp³-hybridized carbons (Fsp3) is 0.923. The van der Waals surface area contributed by atoms with E-state index in [0.29, 0.717) is 12.1 Å². The lowest BCUT2D eigenvalue weighted by molar-refractivity contribution is -0.126. The van der Waals surface area contributed by atoms with Crippen LogP contribution in [0.5, 0.6) is 0 Å². The third-order valence-corrected chi connectivity index (χ3v) is 3.52. The Balaban J connectivity index is 2.23. The third kappa shape index (κ3) is 4.52. The molecular formula is C13H26N2O. The van der Waals surface area contributed by atoms with Gasteiger partial charge in [-0.15, -0.1) is 0 Å². The van der Waals surface area contributed by atoms with E-state index in [2.05, 4.69) is 19.2 Å².